The lowest BCUT2D eigenvalue weighted by Crippen LogP contribution is -2.60. The van der Waals surface area contributed by atoms with Gasteiger partial charge in [-0.25, -0.2) is 4.79 Å². The normalized spacial score (nSPS) is 17.1. The third kappa shape index (κ3) is 4.78. The van der Waals surface area contributed by atoms with Gasteiger partial charge in [0.1, 0.15) is 5.54 Å². The van der Waals surface area contributed by atoms with Gasteiger partial charge in [-0.15, -0.1) is 19.6 Å². The lowest BCUT2D eigenvalue weighted by atomic mass is 9.74. The Labute approximate surface area is 171 Å². The fourth-order valence-corrected chi connectivity index (χ4v) is 4.16. The number of carboxylic acid groups (broad SMARTS) is 1. The van der Waals surface area contributed by atoms with E-state index in [-0.39, 0.29) is 17.2 Å². The number of aliphatic carboxylic acids is 1. The summed E-state index contributed by atoms with van der Waals surface area (Å²) in [4.78, 5) is 25.9. The standard InChI is InChI=1S/C20H21ClF3NO4/c1-4-16(26)25(19(3,18(27)28)13-8-6-5-7-9-13)14-10-12(2)17(15(21)11-14)29-20(22,23)24/h1,10-11,13H,5-9H2,2-3H3,(H,27,28). The number of amides is 1. The summed E-state index contributed by atoms with van der Waals surface area (Å²) in [6.45, 7) is 2.72. The molecule has 5 nitrogen and oxygen atoms in total. The second kappa shape index (κ2) is 8.54. The largest absolute Gasteiger partial charge is 0.573 e. The van der Waals surface area contributed by atoms with Gasteiger partial charge in [0.15, 0.2) is 5.75 Å². The van der Waals surface area contributed by atoms with Crippen molar-refractivity contribution < 1.29 is 32.6 Å². The number of carbonyl (C=O) groups is 2. The molecule has 2 rings (SSSR count). The summed E-state index contributed by atoms with van der Waals surface area (Å²) >= 11 is 5.99. The maximum atomic E-state index is 12.6. The molecule has 29 heavy (non-hydrogen) atoms. The molecule has 1 N–H and O–H groups in total. The predicted octanol–water partition coefficient (Wildman–Crippen LogP) is 4.94. The SMILES string of the molecule is C#CC(=O)N(c1cc(C)c(OC(F)(F)F)c(Cl)c1)C(C)(C(=O)O)C1CCCCC1. The predicted molar refractivity (Wildman–Crippen MR) is 102 cm³/mol. The topological polar surface area (TPSA) is 66.8 Å². The van der Waals surface area contributed by atoms with Crippen molar-refractivity contribution in [3.8, 4) is 18.1 Å². The van der Waals surface area contributed by atoms with Crippen LogP contribution in [0, 0.1) is 25.2 Å². The first-order valence-corrected chi connectivity index (χ1v) is 9.39. The Hall–Kier alpha value is -2.40. The Bertz CT molecular complexity index is 820. The fraction of sp³-hybridized carbons (Fsp3) is 0.500. The van der Waals surface area contributed by atoms with E-state index < -0.39 is 34.5 Å². The number of nitrogens with zero attached hydrogens (tertiary/aromatic N) is 1. The van der Waals surface area contributed by atoms with Crippen LogP contribution in [0.15, 0.2) is 12.1 Å². The summed E-state index contributed by atoms with van der Waals surface area (Å²) in [7, 11) is 0. The highest BCUT2D eigenvalue weighted by atomic mass is 35.5. The van der Waals surface area contributed by atoms with Crippen LogP contribution in [-0.4, -0.2) is 28.9 Å². The number of hydrogen-bond donors (Lipinski definition) is 1. The molecule has 9 heteroatoms. The van der Waals surface area contributed by atoms with E-state index in [0.29, 0.717) is 12.8 Å². The first-order chi connectivity index (χ1) is 13.4. The summed E-state index contributed by atoms with van der Waals surface area (Å²) in [6.07, 6.45) is 4.07. The molecule has 1 amide bonds. The Morgan fingerprint density at radius 1 is 1.28 bits per heavy atom. The average Bonchev–Trinajstić information content (AvgIpc) is 2.64. The smallest absolute Gasteiger partial charge is 0.479 e. The van der Waals surface area contributed by atoms with Gasteiger partial charge in [0, 0.05) is 5.69 Å². The van der Waals surface area contributed by atoms with Gasteiger partial charge in [0.2, 0.25) is 0 Å². The van der Waals surface area contributed by atoms with Crippen molar-refractivity contribution in [1.82, 2.24) is 0 Å². The monoisotopic (exact) mass is 431 g/mol. The number of ether oxygens (including phenoxy) is 1. The Kier molecular flexibility index (Phi) is 6.74. The van der Waals surface area contributed by atoms with Gasteiger partial charge in [-0.2, -0.15) is 0 Å². The number of benzene rings is 1. The molecule has 158 valence electrons. The van der Waals surface area contributed by atoms with Gasteiger partial charge >= 0.3 is 18.2 Å². The molecular formula is C20H21ClF3NO4. The lowest BCUT2D eigenvalue weighted by molar-refractivity contribution is -0.274. The number of carbonyl (C=O) groups excluding carboxylic acids is 1. The zero-order chi connectivity index (χ0) is 22.0. The van der Waals surface area contributed by atoms with Crippen LogP contribution in [0.3, 0.4) is 0 Å². The summed E-state index contributed by atoms with van der Waals surface area (Å²) in [5.41, 5.74) is -1.71. The molecule has 1 aliphatic rings. The van der Waals surface area contributed by atoms with E-state index in [1.165, 1.54) is 19.9 Å². The number of hydrogen-bond acceptors (Lipinski definition) is 3. The first-order valence-electron chi connectivity index (χ1n) is 9.02. The molecule has 0 radical (unpaired) electrons. The molecule has 0 spiro atoms. The van der Waals surface area contributed by atoms with Gasteiger partial charge < -0.3 is 9.84 Å². The number of terminal acetylenes is 1. The molecule has 1 aromatic carbocycles. The van der Waals surface area contributed by atoms with Crippen molar-refractivity contribution in [2.75, 3.05) is 4.90 Å². The summed E-state index contributed by atoms with van der Waals surface area (Å²) < 4.78 is 41.8. The molecule has 0 aliphatic heterocycles. The van der Waals surface area contributed by atoms with Crippen molar-refractivity contribution in [2.24, 2.45) is 5.92 Å². The van der Waals surface area contributed by atoms with Crippen LogP contribution in [0.4, 0.5) is 18.9 Å². The van der Waals surface area contributed by atoms with Gasteiger partial charge in [0.25, 0.3) is 0 Å². The minimum absolute atomic E-state index is 0.000415. The van der Waals surface area contributed by atoms with E-state index in [1.807, 2.05) is 5.92 Å². The number of alkyl halides is 3. The second-order valence-corrected chi connectivity index (χ2v) is 7.60. The third-order valence-electron chi connectivity index (χ3n) is 5.31. The highest BCUT2D eigenvalue weighted by molar-refractivity contribution is 6.32. The first kappa shape index (κ1) is 22.9. The van der Waals surface area contributed by atoms with E-state index >= 15 is 0 Å². The van der Waals surface area contributed by atoms with Crippen molar-refractivity contribution >= 4 is 29.2 Å². The quantitative estimate of drug-likeness (QED) is 0.671. The molecule has 1 aliphatic carbocycles. The molecule has 1 unspecified atom stereocenters. The van der Waals surface area contributed by atoms with Crippen molar-refractivity contribution in [1.29, 1.82) is 0 Å². The second-order valence-electron chi connectivity index (χ2n) is 7.19. The van der Waals surface area contributed by atoms with Gasteiger partial charge in [0.05, 0.1) is 5.02 Å². The molecule has 0 saturated heterocycles. The summed E-state index contributed by atoms with van der Waals surface area (Å²) in [5.74, 6) is -1.24. The number of halogens is 4. The van der Waals surface area contributed by atoms with Gasteiger partial charge in [-0.05, 0) is 56.2 Å². The van der Waals surface area contributed by atoms with Crippen LogP contribution in [0.1, 0.15) is 44.6 Å². The molecule has 0 aromatic heterocycles. The zero-order valence-electron chi connectivity index (χ0n) is 16.0. The minimum atomic E-state index is -4.96. The number of carboxylic acids is 1. The van der Waals surface area contributed by atoms with Crippen LogP contribution >= 0.6 is 11.6 Å². The van der Waals surface area contributed by atoms with Gasteiger partial charge in [-0.1, -0.05) is 30.9 Å². The van der Waals surface area contributed by atoms with Crippen LogP contribution in [0.5, 0.6) is 5.75 Å². The third-order valence-corrected chi connectivity index (χ3v) is 5.59. The Balaban J connectivity index is 2.62. The molecule has 1 aromatic rings. The molecule has 0 bridgehead atoms. The van der Waals surface area contributed by atoms with E-state index in [1.54, 1.807) is 0 Å². The Morgan fingerprint density at radius 3 is 2.31 bits per heavy atom. The highest BCUT2D eigenvalue weighted by Gasteiger charge is 2.49. The maximum Gasteiger partial charge on any atom is 0.573 e. The number of rotatable bonds is 5. The number of anilines is 1. The van der Waals surface area contributed by atoms with E-state index in [0.717, 1.165) is 30.2 Å². The van der Waals surface area contributed by atoms with E-state index in [4.69, 9.17) is 18.0 Å². The van der Waals surface area contributed by atoms with Crippen molar-refractivity contribution in [3.63, 3.8) is 0 Å². The fourth-order valence-electron chi connectivity index (χ4n) is 3.87. The van der Waals surface area contributed by atoms with Crippen molar-refractivity contribution in [3.05, 3.63) is 22.7 Å². The maximum absolute atomic E-state index is 12.6. The van der Waals surface area contributed by atoms with Crippen LogP contribution in [0.25, 0.3) is 0 Å². The summed E-state index contributed by atoms with van der Waals surface area (Å²) in [6, 6.07) is 2.28. The van der Waals surface area contributed by atoms with Gasteiger partial charge in [-0.3, -0.25) is 9.69 Å². The van der Waals surface area contributed by atoms with Crippen LogP contribution < -0.4 is 9.64 Å². The highest BCUT2D eigenvalue weighted by Crippen LogP contribution is 2.42. The number of aryl methyl sites for hydroxylation is 1. The van der Waals surface area contributed by atoms with Crippen molar-refractivity contribution in [2.45, 2.75) is 57.9 Å². The molecule has 1 saturated carbocycles. The Morgan fingerprint density at radius 2 is 1.86 bits per heavy atom. The minimum Gasteiger partial charge on any atom is -0.479 e. The summed E-state index contributed by atoms with van der Waals surface area (Å²) in [5, 5.41) is 9.62. The molecule has 0 heterocycles. The van der Waals surface area contributed by atoms with Crippen LogP contribution in [0.2, 0.25) is 5.02 Å². The molecular weight excluding hydrogens is 411 g/mol. The average molecular weight is 432 g/mol. The molecule has 1 fully saturated rings. The van der Waals surface area contributed by atoms with E-state index in [2.05, 4.69) is 4.74 Å². The lowest BCUT2D eigenvalue weighted by Gasteiger charge is -2.44. The van der Waals surface area contributed by atoms with E-state index in [9.17, 15) is 27.9 Å². The zero-order valence-corrected chi connectivity index (χ0v) is 16.7. The van der Waals surface area contributed by atoms with Crippen LogP contribution in [-0.2, 0) is 9.59 Å². The molecule has 1 atom stereocenters.